The zero-order valence-electron chi connectivity index (χ0n) is 24.2. The number of hydrogen-bond donors (Lipinski definition) is 3. The molecule has 0 radical (unpaired) electrons. The van der Waals surface area contributed by atoms with Crippen LogP contribution in [0.1, 0.15) is 35.4 Å². The minimum atomic E-state index is -4.78. The quantitative estimate of drug-likeness (QED) is 0.138. The average Bonchev–Trinajstić information content (AvgIpc) is 3.39. The molecule has 4 aliphatic rings. The van der Waals surface area contributed by atoms with Crippen LogP contribution in [0.25, 0.3) is 0 Å². The number of phenolic OH excluding ortho intramolecular Hbond substituents is 1. The number of para-hydroxylation sites is 1. The highest BCUT2D eigenvalue weighted by Gasteiger charge is 2.70. The summed E-state index contributed by atoms with van der Waals surface area (Å²) in [6.07, 6.45) is -2.96. The first-order valence-corrected chi connectivity index (χ1v) is 15.3. The maximum atomic E-state index is 15.1. The molecule has 2 aliphatic heterocycles. The SMILES string of the molecule is O=C1[C@H]2[C@H](CC=C3[C@H]2C[C@H]2C(=O)N(Nc4ncc(C(F)(F)F)cc4Cl)C(=O)[C@@]2(c2ccc(Cl)cc2)[C@H]3c2cccc(F)c2O)C(=O)N1O. The number of fused-ring (bicyclic) bond motifs is 4. The van der Waals surface area contributed by atoms with Crippen molar-refractivity contribution in [1.29, 1.82) is 0 Å². The van der Waals surface area contributed by atoms with Crippen LogP contribution in [0.3, 0.4) is 0 Å². The van der Waals surface area contributed by atoms with Crippen LogP contribution < -0.4 is 5.43 Å². The number of nitrogens with one attached hydrogen (secondary N) is 1. The van der Waals surface area contributed by atoms with Crippen LogP contribution in [0.2, 0.25) is 10.0 Å². The topological polar surface area (TPSA) is 140 Å². The van der Waals surface area contributed by atoms with Crippen LogP contribution in [-0.2, 0) is 30.8 Å². The highest BCUT2D eigenvalue weighted by atomic mass is 35.5. The van der Waals surface area contributed by atoms with Gasteiger partial charge in [-0.25, -0.2) is 9.37 Å². The number of benzene rings is 2. The normalized spacial score (nSPS) is 28.3. The van der Waals surface area contributed by atoms with Crippen molar-refractivity contribution >= 4 is 52.6 Å². The number of pyridine rings is 1. The third kappa shape index (κ3) is 4.46. The molecule has 48 heavy (non-hydrogen) atoms. The summed E-state index contributed by atoms with van der Waals surface area (Å²) in [5, 5.41) is 21.7. The number of halogens is 6. The van der Waals surface area contributed by atoms with Gasteiger partial charge in [0.1, 0.15) is 0 Å². The number of rotatable bonds is 4. The third-order valence-corrected chi connectivity index (χ3v) is 10.4. The highest BCUT2D eigenvalue weighted by Crippen LogP contribution is 2.65. The molecule has 3 N–H and O–H groups in total. The van der Waals surface area contributed by atoms with E-state index < -0.39 is 92.8 Å². The first-order valence-electron chi connectivity index (χ1n) is 14.6. The molecule has 0 bridgehead atoms. The van der Waals surface area contributed by atoms with Crippen molar-refractivity contribution in [2.24, 2.45) is 23.7 Å². The van der Waals surface area contributed by atoms with Crippen molar-refractivity contribution in [3.63, 3.8) is 0 Å². The van der Waals surface area contributed by atoms with Gasteiger partial charge < -0.3 is 5.11 Å². The number of carbonyl (C=O) groups is 4. The maximum absolute atomic E-state index is 15.1. The van der Waals surface area contributed by atoms with Gasteiger partial charge in [0.25, 0.3) is 23.6 Å². The Morgan fingerprint density at radius 2 is 1.69 bits per heavy atom. The average molecular weight is 705 g/mol. The van der Waals surface area contributed by atoms with Crippen molar-refractivity contribution in [2.45, 2.75) is 30.4 Å². The van der Waals surface area contributed by atoms with Crippen LogP contribution in [0.5, 0.6) is 5.75 Å². The predicted molar refractivity (Wildman–Crippen MR) is 159 cm³/mol. The zero-order valence-corrected chi connectivity index (χ0v) is 25.7. The van der Waals surface area contributed by atoms with Gasteiger partial charge in [-0.3, -0.25) is 29.8 Å². The minimum absolute atomic E-state index is 0.0373. The lowest BCUT2D eigenvalue weighted by atomic mass is 9.49. The van der Waals surface area contributed by atoms with Crippen molar-refractivity contribution < 1.29 is 47.1 Å². The summed E-state index contributed by atoms with van der Waals surface area (Å²) in [6, 6.07) is 10.1. The molecule has 248 valence electrons. The van der Waals surface area contributed by atoms with E-state index in [4.69, 9.17) is 23.2 Å². The lowest BCUT2D eigenvalue weighted by Gasteiger charge is -2.50. The molecular weight excluding hydrogens is 683 g/mol. The first kappa shape index (κ1) is 32.0. The number of imide groups is 2. The Morgan fingerprint density at radius 1 is 0.979 bits per heavy atom. The molecule has 2 aromatic carbocycles. The number of alkyl halides is 3. The molecule has 10 nitrogen and oxygen atoms in total. The Kier molecular flexibility index (Phi) is 7.34. The lowest BCUT2D eigenvalue weighted by molar-refractivity contribution is -0.173. The number of hydrogen-bond acceptors (Lipinski definition) is 8. The zero-order chi connectivity index (χ0) is 34.4. The molecule has 7 rings (SSSR count). The molecule has 1 aromatic heterocycles. The fourth-order valence-electron chi connectivity index (χ4n) is 7.88. The van der Waals surface area contributed by atoms with Crippen molar-refractivity contribution in [3.8, 4) is 5.75 Å². The molecule has 3 fully saturated rings. The van der Waals surface area contributed by atoms with Crippen LogP contribution in [0, 0.1) is 29.5 Å². The van der Waals surface area contributed by atoms with Crippen LogP contribution in [0.4, 0.5) is 23.4 Å². The van der Waals surface area contributed by atoms with Crippen molar-refractivity contribution in [3.05, 3.63) is 98.9 Å². The molecule has 3 aromatic rings. The first-order chi connectivity index (χ1) is 22.7. The van der Waals surface area contributed by atoms with Gasteiger partial charge in [0.05, 0.1) is 33.8 Å². The predicted octanol–water partition coefficient (Wildman–Crippen LogP) is 5.63. The standard InChI is InChI=1S/C32H22Cl2F4N4O6/c33-15-6-4-13(5-7-15)31-20(28(45)41(30(31)47)40-26-21(34)10-14(12-39-26)32(36,37)38)11-19-16(24(31)18-2-1-3-22(35)25(18)43)8-9-17-23(19)29(46)42(48)27(17)44/h1-8,10,12,17,19-20,23-24,43,48H,9,11H2,(H,39,40)/t17-,19+,20-,23-,24+,31+/m0/s1. The smallest absolute Gasteiger partial charge is 0.417 e. The van der Waals surface area contributed by atoms with E-state index in [9.17, 15) is 42.7 Å². The molecule has 0 unspecified atom stereocenters. The Balaban J connectivity index is 1.46. The molecule has 4 amide bonds. The number of anilines is 1. The van der Waals surface area contributed by atoms with Gasteiger partial charge in [0.2, 0.25) is 0 Å². The third-order valence-electron chi connectivity index (χ3n) is 9.86. The summed E-state index contributed by atoms with van der Waals surface area (Å²) in [4.78, 5) is 59.1. The summed E-state index contributed by atoms with van der Waals surface area (Å²) in [5.41, 5.74) is -0.191. The summed E-state index contributed by atoms with van der Waals surface area (Å²) in [5.74, 6) is -11.6. The Labute approximate surface area is 278 Å². The minimum Gasteiger partial charge on any atom is -0.505 e. The van der Waals surface area contributed by atoms with Crippen LogP contribution in [0.15, 0.2) is 66.4 Å². The Morgan fingerprint density at radius 3 is 2.35 bits per heavy atom. The fourth-order valence-corrected chi connectivity index (χ4v) is 8.21. The van der Waals surface area contributed by atoms with E-state index in [1.54, 1.807) is 6.08 Å². The lowest BCUT2D eigenvalue weighted by Crippen LogP contribution is -2.53. The van der Waals surface area contributed by atoms with E-state index in [2.05, 4.69) is 10.4 Å². The number of aromatic nitrogens is 1. The molecule has 16 heteroatoms. The molecule has 2 aliphatic carbocycles. The van der Waals surface area contributed by atoms with Gasteiger partial charge in [0, 0.05) is 22.7 Å². The van der Waals surface area contributed by atoms with Crippen molar-refractivity contribution in [1.82, 2.24) is 15.1 Å². The van der Waals surface area contributed by atoms with Gasteiger partial charge in [-0.2, -0.15) is 23.2 Å². The number of nitrogens with zero attached hydrogens (tertiary/aromatic N) is 3. The number of hydroxylamine groups is 2. The molecule has 2 saturated heterocycles. The molecule has 3 heterocycles. The number of aromatic hydroxyl groups is 1. The van der Waals surface area contributed by atoms with Crippen LogP contribution >= 0.6 is 23.2 Å². The van der Waals surface area contributed by atoms with Crippen LogP contribution in [-0.4, -0.2) is 49.0 Å². The number of carbonyl (C=O) groups excluding carboxylic acids is 4. The Bertz CT molecular complexity index is 1960. The molecule has 0 spiro atoms. The second-order valence-corrected chi connectivity index (χ2v) is 12.9. The van der Waals surface area contributed by atoms with Gasteiger partial charge in [-0.15, -0.1) is 0 Å². The number of phenols is 1. The monoisotopic (exact) mass is 704 g/mol. The second-order valence-electron chi connectivity index (χ2n) is 12.1. The Hall–Kier alpha value is -4.53. The largest absolute Gasteiger partial charge is 0.505 e. The van der Waals surface area contributed by atoms with Gasteiger partial charge in [-0.05, 0) is 48.6 Å². The summed E-state index contributed by atoms with van der Waals surface area (Å²) in [7, 11) is 0. The van der Waals surface area contributed by atoms with Crippen molar-refractivity contribution in [2.75, 3.05) is 5.43 Å². The van der Waals surface area contributed by atoms with Gasteiger partial charge >= 0.3 is 6.18 Å². The summed E-state index contributed by atoms with van der Waals surface area (Å²) < 4.78 is 55.0. The summed E-state index contributed by atoms with van der Waals surface area (Å²) >= 11 is 12.3. The van der Waals surface area contributed by atoms with E-state index in [-0.39, 0.29) is 34.1 Å². The maximum Gasteiger partial charge on any atom is 0.417 e. The number of allylic oxidation sites excluding steroid dienone is 2. The highest BCUT2D eigenvalue weighted by molar-refractivity contribution is 6.33. The second kappa shape index (κ2) is 11.0. The molecule has 6 atom stereocenters. The van der Waals surface area contributed by atoms with Gasteiger partial charge in [0.15, 0.2) is 17.4 Å². The van der Waals surface area contributed by atoms with E-state index >= 15 is 4.39 Å². The van der Waals surface area contributed by atoms with E-state index in [0.29, 0.717) is 22.8 Å². The summed E-state index contributed by atoms with van der Waals surface area (Å²) in [6.45, 7) is 0. The fraction of sp³-hybridized carbons (Fsp3) is 0.281. The molecular formula is C32H22Cl2F4N4O6. The van der Waals surface area contributed by atoms with E-state index in [1.165, 1.54) is 36.4 Å². The molecule has 1 saturated carbocycles. The van der Waals surface area contributed by atoms with E-state index in [1.807, 2.05) is 0 Å². The van der Waals surface area contributed by atoms with Gasteiger partial charge in [-0.1, -0.05) is 59.1 Å². The van der Waals surface area contributed by atoms with E-state index in [0.717, 1.165) is 6.07 Å². The number of amides is 4. The number of hydrazine groups is 1.